The lowest BCUT2D eigenvalue weighted by atomic mass is 10.0. The molecule has 20 heavy (non-hydrogen) atoms. The second-order valence-corrected chi connectivity index (χ2v) is 5.35. The molecule has 0 bridgehead atoms. The van der Waals surface area contributed by atoms with Gasteiger partial charge >= 0.3 is 0 Å². The summed E-state index contributed by atoms with van der Waals surface area (Å²) in [6.07, 6.45) is 2.35. The predicted molar refractivity (Wildman–Crippen MR) is 81.2 cm³/mol. The summed E-state index contributed by atoms with van der Waals surface area (Å²) in [6, 6.07) is 5.80. The lowest BCUT2D eigenvalue weighted by Crippen LogP contribution is -2.25. The standard InChI is InChI=1S/C16H24N2O2/c1-3-17-16(19)14-7-6-12(2)15(9-14)18-10-13-5-4-8-20-11-13/h6-7,9,13,18H,3-5,8,10-11H2,1-2H3,(H,17,19). The fraction of sp³-hybridized carbons (Fsp3) is 0.562. The van der Waals surface area contributed by atoms with Gasteiger partial charge in [0.05, 0.1) is 6.61 Å². The predicted octanol–water partition coefficient (Wildman–Crippen LogP) is 2.58. The van der Waals surface area contributed by atoms with E-state index in [2.05, 4.69) is 17.6 Å². The number of carbonyl (C=O) groups is 1. The number of hydrogen-bond donors (Lipinski definition) is 2. The highest BCUT2D eigenvalue weighted by atomic mass is 16.5. The molecule has 1 fully saturated rings. The molecule has 1 atom stereocenters. The highest BCUT2D eigenvalue weighted by Crippen LogP contribution is 2.19. The van der Waals surface area contributed by atoms with E-state index in [1.165, 1.54) is 6.42 Å². The maximum absolute atomic E-state index is 11.9. The molecule has 1 unspecified atom stereocenters. The van der Waals surface area contributed by atoms with Crippen molar-refractivity contribution >= 4 is 11.6 Å². The third-order valence-electron chi connectivity index (χ3n) is 3.67. The van der Waals surface area contributed by atoms with Gasteiger partial charge in [0, 0.05) is 30.9 Å². The molecule has 0 aliphatic carbocycles. The van der Waals surface area contributed by atoms with Crippen molar-refractivity contribution in [3.63, 3.8) is 0 Å². The third kappa shape index (κ3) is 3.97. The number of carbonyl (C=O) groups excluding carboxylic acids is 1. The van der Waals surface area contributed by atoms with Gasteiger partial charge in [-0.3, -0.25) is 4.79 Å². The van der Waals surface area contributed by atoms with Gasteiger partial charge in [-0.2, -0.15) is 0 Å². The van der Waals surface area contributed by atoms with E-state index in [0.717, 1.165) is 37.4 Å². The summed E-state index contributed by atoms with van der Waals surface area (Å²) in [4.78, 5) is 11.9. The number of ether oxygens (including phenoxy) is 1. The zero-order valence-corrected chi connectivity index (χ0v) is 12.4. The van der Waals surface area contributed by atoms with Gasteiger partial charge in [0.2, 0.25) is 0 Å². The number of nitrogens with one attached hydrogen (secondary N) is 2. The molecule has 0 aromatic heterocycles. The van der Waals surface area contributed by atoms with E-state index in [1.807, 2.05) is 25.1 Å². The summed E-state index contributed by atoms with van der Waals surface area (Å²) in [5.41, 5.74) is 2.91. The minimum Gasteiger partial charge on any atom is -0.384 e. The van der Waals surface area contributed by atoms with E-state index in [0.29, 0.717) is 18.0 Å². The van der Waals surface area contributed by atoms with Crippen molar-refractivity contribution in [3.8, 4) is 0 Å². The van der Waals surface area contributed by atoms with E-state index >= 15 is 0 Å². The Morgan fingerprint density at radius 1 is 1.45 bits per heavy atom. The van der Waals surface area contributed by atoms with Gasteiger partial charge < -0.3 is 15.4 Å². The van der Waals surface area contributed by atoms with Crippen molar-refractivity contribution in [2.24, 2.45) is 5.92 Å². The van der Waals surface area contributed by atoms with Gasteiger partial charge in [-0.05, 0) is 50.3 Å². The molecule has 4 nitrogen and oxygen atoms in total. The summed E-state index contributed by atoms with van der Waals surface area (Å²) in [6.45, 7) is 7.26. The summed E-state index contributed by atoms with van der Waals surface area (Å²) >= 11 is 0. The first-order chi connectivity index (χ1) is 9.70. The molecule has 1 saturated heterocycles. The second-order valence-electron chi connectivity index (χ2n) is 5.35. The third-order valence-corrected chi connectivity index (χ3v) is 3.67. The SMILES string of the molecule is CCNC(=O)c1ccc(C)c(NCC2CCCOC2)c1. The summed E-state index contributed by atoms with van der Waals surface area (Å²) < 4.78 is 5.49. The number of aryl methyl sites for hydroxylation is 1. The van der Waals surface area contributed by atoms with Crippen LogP contribution in [0.1, 0.15) is 35.7 Å². The van der Waals surface area contributed by atoms with Crippen LogP contribution >= 0.6 is 0 Å². The Morgan fingerprint density at radius 3 is 3.00 bits per heavy atom. The molecule has 4 heteroatoms. The molecule has 1 heterocycles. The fourth-order valence-corrected chi connectivity index (χ4v) is 2.44. The zero-order valence-electron chi connectivity index (χ0n) is 12.4. The molecule has 1 aromatic rings. The minimum absolute atomic E-state index is 0.0171. The molecule has 2 rings (SSSR count). The maximum atomic E-state index is 11.9. The topological polar surface area (TPSA) is 50.4 Å². The van der Waals surface area contributed by atoms with Crippen LogP contribution in [0.2, 0.25) is 0 Å². The van der Waals surface area contributed by atoms with Gasteiger partial charge in [-0.15, -0.1) is 0 Å². The van der Waals surface area contributed by atoms with Crippen LogP contribution in [0.5, 0.6) is 0 Å². The van der Waals surface area contributed by atoms with Crippen molar-refractivity contribution in [1.82, 2.24) is 5.32 Å². The van der Waals surface area contributed by atoms with Crippen LogP contribution in [0, 0.1) is 12.8 Å². The van der Waals surface area contributed by atoms with Crippen LogP contribution in [0.3, 0.4) is 0 Å². The van der Waals surface area contributed by atoms with Crippen molar-refractivity contribution in [1.29, 1.82) is 0 Å². The van der Waals surface area contributed by atoms with Crippen molar-refractivity contribution in [2.45, 2.75) is 26.7 Å². The van der Waals surface area contributed by atoms with Crippen LogP contribution in [0.15, 0.2) is 18.2 Å². The van der Waals surface area contributed by atoms with Crippen molar-refractivity contribution in [3.05, 3.63) is 29.3 Å². The second kappa shape index (κ2) is 7.29. The van der Waals surface area contributed by atoms with Crippen LogP contribution in [0.25, 0.3) is 0 Å². The van der Waals surface area contributed by atoms with Gasteiger partial charge in [0.1, 0.15) is 0 Å². The maximum Gasteiger partial charge on any atom is 0.251 e. The largest absolute Gasteiger partial charge is 0.384 e. The Labute approximate surface area is 120 Å². The molecular weight excluding hydrogens is 252 g/mol. The van der Waals surface area contributed by atoms with E-state index in [-0.39, 0.29) is 5.91 Å². The Morgan fingerprint density at radius 2 is 2.30 bits per heavy atom. The van der Waals surface area contributed by atoms with Crippen molar-refractivity contribution in [2.75, 3.05) is 31.6 Å². The number of benzene rings is 1. The molecule has 110 valence electrons. The Balaban J connectivity index is 1.98. The van der Waals surface area contributed by atoms with Crippen LogP contribution in [-0.4, -0.2) is 32.2 Å². The zero-order chi connectivity index (χ0) is 14.4. The van der Waals surface area contributed by atoms with E-state index < -0.39 is 0 Å². The van der Waals surface area contributed by atoms with Gasteiger partial charge in [0.15, 0.2) is 0 Å². The van der Waals surface area contributed by atoms with Gasteiger partial charge in [-0.25, -0.2) is 0 Å². The van der Waals surface area contributed by atoms with E-state index in [1.54, 1.807) is 0 Å². The number of anilines is 1. The number of amides is 1. The number of rotatable bonds is 5. The minimum atomic E-state index is -0.0171. The van der Waals surface area contributed by atoms with Gasteiger partial charge in [-0.1, -0.05) is 6.07 Å². The molecule has 0 spiro atoms. The average Bonchev–Trinajstić information content (AvgIpc) is 2.47. The van der Waals surface area contributed by atoms with Crippen LogP contribution < -0.4 is 10.6 Å². The van der Waals surface area contributed by atoms with Crippen LogP contribution in [0.4, 0.5) is 5.69 Å². The first-order valence-corrected chi connectivity index (χ1v) is 7.41. The molecule has 1 aromatic carbocycles. The number of hydrogen-bond acceptors (Lipinski definition) is 3. The lowest BCUT2D eigenvalue weighted by molar-refractivity contribution is 0.0595. The fourth-order valence-electron chi connectivity index (χ4n) is 2.44. The monoisotopic (exact) mass is 276 g/mol. The van der Waals surface area contributed by atoms with Crippen molar-refractivity contribution < 1.29 is 9.53 Å². The average molecular weight is 276 g/mol. The van der Waals surface area contributed by atoms with E-state index in [4.69, 9.17) is 4.74 Å². The highest BCUT2D eigenvalue weighted by Gasteiger charge is 2.14. The summed E-state index contributed by atoms with van der Waals surface area (Å²) in [5.74, 6) is 0.549. The molecule has 0 radical (unpaired) electrons. The molecule has 1 amide bonds. The molecule has 1 aliphatic heterocycles. The van der Waals surface area contributed by atoms with Crippen LogP contribution in [-0.2, 0) is 4.74 Å². The summed E-state index contributed by atoms with van der Waals surface area (Å²) in [5, 5.41) is 6.29. The first kappa shape index (κ1) is 14.9. The highest BCUT2D eigenvalue weighted by molar-refractivity contribution is 5.95. The Kier molecular flexibility index (Phi) is 5.41. The quantitative estimate of drug-likeness (QED) is 0.869. The lowest BCUT2D eigenvalue weighted by Gasteiger charge is -2.23. The molecule has 1 aliphatic rings. The molecule has 2 N–H and O–H groups in total. The first-order valence-electron chi connectivity index (χ1n) is 7.41. The summed E-state index contributed by atoms with van der Waals surface area (Å²) in [7, 11) is 0. The van der Waals surface area contributed by atoms with Gasteiger partial charge in [0.25, 0.3) is 5.91 Å². The smallest absolute Gasteiger partial charge is 0.251 e. The normalized spacial score (nSPS) is 18.6. The Hall–Kier alpha value is -1.55. The van der Waals surface area contributed by atoms with E-state index in [9.17, 15) is 4.79 Å². The Bertz CT molecular complexity index is 454. The molecule has 0 saturated carbocycles. The molecular formula is C16H24N2O2.